The van der Waals surface area contributed by atoms with E-state index in [1.54, 1.807) is 37.6 Å². The van der Waals surface area contributed by atoms with Crippen molar-refractivity contribution in [2.75, 3.05) is 5.32 Å². The van der Waals surface area contributed by atoms with Crippen molar-refractivity contribution in [1.82, 2.24) is 19.5 Å². The van der Waals surface area contributed by atoms with Crippen LogP contribution in [0.25, 0.3) is 33.2 Å². The summed E-state index contributed by atoms with van der Waals surface area (Å²) in [5.41, 5.74) is 2.93. The maximum atomic E-state index is 13.3. The van der Waals surface area contributed by atoms with Gasteiger partial charge in [-0.25, -0.2) is 18.1 Å². The van der Waals surface area contributed by atoms with Gasteiger partial charge in [-0.2, -0.15) is 5.10 Å². The van der Waals surface area contributed by atoms with Crippen LogP contribution in [0.15, 0.2) is 69.0 Å². The lowest BCUT2D eigenvalue weighted by molar-refractivity contribution is 0.490. The van der Waals surface area contributed by atoms with Crippen LogP contribution >= 0.6 is 11.6 Å². The van der Waals surface area contributed by atoms with Crippen molar-refractivity contribution in [3.05, 3.63) is 81.2 Å². The Morgan fingerprint density at radius 3 is 2.55 bits per heavy atom. The number of sulfonamides is 1. The quantitative estimate of drug-likeness (QED) is 0.238. The van der Waals surface area contributed by atoms with Gasteiger partial charge in [-0.05, 0) is 76.6 Å². The average Bonchev–Trinajstić information content (AvgIpc) is 3.22. The van der Waals surface area contributed by atoms with Gasteiger partial charge >= 0.3 is 0 Å². The number of benzene rings is 2. The van der Waals surface area contributed by atoms with Crippen LogP contribution in [-0.2, 0) is 17.1 Å². The van der Waals surface area contributed by atoms with Gasteiger partial charge in [-0.15, -0.1) is 0 Å². The van der Waals surface area contributed by atoms with Gasteiger partial charge in [0.2, 0.25) is 0 Å². The monoisotopic (exact) mass is 579 g/mol. The Bertz CT molecular complexity index is 1940. The second-order valence-electron chi connectivity index (χ2n) is 11.0. The van der Waals surface area contributed by atoms with Crippen LogP contribution in [0.5, 0.6) is 0 Å². The number of aryl methyl sites for hydroxylation is 2. The summed E-state index contributed by atoms with van der Waals surface area (Å²) in [5.74, 6) is 0.423. The molecule has 40 heavy (non-hydrogen) atoms. The summed E-state index contributed by atoms with van der Waals surface area (Å²) in [6.45, 7) is 9.00. The molecule has 3 heterocycles. The summed E-state index contributed by atoms with van der Waals surface area (Å²) in [6.07, 6.45) is 1.90. The number of nitrogens with zero attached hydrogens (tertiary/aromatic N) is 3. The normalized spacial score (nSPS) is 13.2. The Labute approximate surface area is 237 Å². The van der Waals surface area contributed by atoms with Crippen molar-refractivity contribution >= 4 is 49.2 Å². The van der Waals surface area contributed by atoms with Crippen LogP contribution in [-0.4, -0.2) is 28.7 Å². The number of hydrogen-bond donors (Lipinski definition) is 2. The molecule has 1 unspecified atom stereocenters. The van der Waals surface area contributed by atoms with Crippen LogP contribution < -0.4 is 15.5 Å². The number of halogens is 1. The lowest BCUT2D eigenvalue weighted by atomic mass is 10.0. The van der Waals surface area contributed by atoms with E-state index in [0.29, 0.717) is 22.3 Å². The fourth-order valence-corrected chi connectivity index (χ4v) is 6.43. The summed E-state index contributed by atoms with van der Waals surface area (Å²) < 4.78 is 37.1. The molecule has 0 aliphatic heterocycles. The van der Waals surface area contributed by atoms with Gasteiger partial charge < -0.3 is 9.73 Å². The summed E-state index contributed by atoms with van der Waals surface area (Å²) in [7, 11) is -2.15. The lowest BCUT2D eigenvalue weighted by Crippen LogP contribution is -2.41. The molecule has 0 fully saturated rings. The van der Waals surface area contributed by atoms with Gasteiger partial charge in [0.15, 0.2) is 10.5 Å². The fraction of sp³-hybridized carbons (Fsp3) is 0.276. The zero-order valence-electron chi connectivity index (χ0n) is 23.0. The molecule has 11 heteroatoms. The van der Waals surface area contributed by atoms with Gasteiger partial charge in [0.05, 0.1) is 22.6 Å². The molecule has 0 aliphatic rings. The Kier molecular flexibility index (Phi) is 6.98. The summed E-state index contributed by atoms with van der Waals surface area (Å²) in [4.78, 5) is 17.4. The van der Waals surface area contributed by atoms with E-state index in [2.05, 4.69) is 20.1 Å². The van der Waals surface area contributed by atoms with Crippen molar-refractivity contribution < 1.29 is 12.8 Å². The molecule has 0 saturated carbocycles. The number of pyridine rings is 1. The molecule has 0 aliphatic carbocycles. The summed E-state index contributed by atoms with van der Waals surface area (Å²) >= 11 is 6.09. The highest BCUT2D eigenvalue weighted by Gasteiger charge is 2.28. The van der Waals surface area contributed by atoms with E-state index in [9.17, 15) is 13.2 Å². The van der Waals surface area contributed by atoms with Gasteiger partial charge in [0, 0.05) is 41.4 Å². The largest absolute Gasteiger partial charge is 0.455 e. The van der Waals surface area contributed by atoms with E-state index in [1.165, 1.54) is 12.1 Å². The highest BCUT2D eigenvalue weighted by molar-refractivity contribution is 7.89. The topological polar surface area (TPSA) is 119 Å². The molecule has 5 aromatic rings. The molecule has 0 amide bonds. The fourth-order valence-electron chi connectivity index (χ4n) is 4.70. The van der Waals surface area contributed by atoms with Gasteiger partial charge in [-0.1, -0.05) is 17.7 Å². The van der Waals surface area contributed by atoms with Crippen LogP contribution in [0.2, 0.25) is 5.15 Å². The van der Waals surface area contributed by atoms with E-state index in [0.717, 1.165) is 22.0 Å². The highest BCUT2D eigenvalue weighted by atomic mass is 35.5. The number of nitrogens with one attached hydrogen (secondary N) is 2. The Hall–Kier alpha value is -3.73. The third-order valence-electron chi connectivity index (χ3n) is 6.26. The van der Waals surface area contributed by atoms with Crippen molar-refractivity contribution in [1.29, 1.82) is 0 Å². The molecule has 3 aromatic heterocycles. The number of rotatable bonds is 6. The first kappa shape index (κ1) is 27.8. The number of aromatic nitrogens is 3. The zero-order chi connectivity index (χ0) is 29.0. The Balaban J connectivity index is 1.60. The second-order valence-corrected chi connectivity index (χ2v) is 13.0. The number of fused-ring (bicyclic) bond motifs is 2. The van der Waals surface area contributed by atoms with Gasteiger partial charge in [-0.3, -0.25) is 9.48 Å². The SMILES string of the molecule is Cc1cc(C(C)Nc2ccc(Cl)nc2S(=O)(=O)NC(C)(C)C)c2oc(-c3ccc4nn(C)cc4c3)cc(=O)c2c1. The lowest BCUT2D eigenvalue weighted by Gasteiger charge is -2.23. The molecule has 1 atom stereocenters. The molecule has 2 aromatic carbocycles. The van der Waals surface area contributed by atoms with Crippen LogP contribution in [0, 0.1) is 6.92 Å². The molecule has 208 valence electrons. The molecule has 2 N–H and O–H groups in total. The maximum absolute atomic E-state index is 13.3. The number of hydrogen-bond acceptors (Lipinski definition) is 7. The molecule has 0 saturated heterocycles. The first-order valence-corrected chi connectivity index (χ1v) is 14.6. The smallest absolute Gasteiger partial charge is 0.260 e. The van der Waals surface area contributed by atoms with Crippen LogP contribution in [0.3, 0.4) is 0 Å². The first-order valence-electron chi connectivity index (χ1n) is 12.7. The minimum Gasteiger partial charge on any atom is -0.455 e. The minimum atomic E-state index is -4.00. The van der Waals surface area contributed by atoms with Crippen LogP contribution in [0.4, 0.5) is 5.69 Å². The predicted octanol–water partition coefficient (Wildman–Crippen LogP) is 5.95. The van der Waals surface area contributed by atoms with E-state index in [4.69, 9.17) is 16.0 Å². The van der Waals surface area contributed by atoms with Crippen molar-refractivity contribution in [2.45, 2.75) is 51.2 Å². The van der Waals surface area contributed by atoms with E-state index >= 15 is 0 Å². The highest BCUT2D eigenvalue weighted by Crippen LogP contribution is 2.33. The summed E-state index contributed by atoms with van der Waals surface area (Å²) in [5, 5.41) is 8.86. The molecular weight excluding hydrogens is 550 g/mol. The third-order valence-corrected chi connectivity index (χ3v) is 8.18. The average molecular weight is 580 g/mol. The van der Waals surface area contributed by atoms with Gasteiger partial charge in [0.25, 0.3) is 10.0 Å². The van der Waals surface area contributed by atoms with Gasteiger partial charge in [0.1, 0.15) is 16.5 Å². The van der Waals surface area contributed by atoms with Crippen LogP contribution in [0.1, 0.15) is 44.9 Å². The Morgan fingerprint density at radius 2 is 1.82 bits per heavy atom. The maximum Gasteiger partial charge on any atom is 0.260 e. The minimum absolute atomic E-state index is 0.0507. The predicted molar refractivity (Wildman–Crippen MR) is 158 cm³/mol. The second kappa shape index (κ2) is 10.0. The number of anilines is 1. The van der Waals surface area contributed by atoms with Crippen molar-refractivity contribution in [3.63, 3.8) is 0 Å². The standard InChI is InChI=1S/C29H30ClN5O4S/c1-16-11-20(17(2)31-23-9-10-26(30)32-28(23)40(37,38)34-29(3,4)5)27-21(12-16)24(36)14-25(39-27)18-7-8-22-19(13-18)15-35(6)33-22/h7-15,17,31,34H,1-6H3. The van der Waals surface area contributed by atoms with E-state index in [1.807, 2.05) is 51.4 Å². The first-order chi connectivity index (χ1) is 18.7. The third kappa shape index (κ3) is 5.60. The summed E-state index contributed by atoms with van der Waals surface area (Å²) in [6, 6.07) is 13.5. The zero-order valence-corrected chi connectivity index (χ0v) is 24.6. The van der Waals surface area contributed by atoms with E-state index in [-0.39, 0.29) is 21.3 Å². The molecule has 0 radical (unpaired) electrons. The molecular formula is C29H30ClN5O4S. The molecule has 0 bridgehead atoms. The Morgan fingerprint density at radius 1 is 1.07 bits per heavy atom. The molecule has 0 spiro atoms. The molecule has 9 nitrogen and oxygen atoms in total. The van der Waals surface area contributed by atoms with Crippen molar-refractivity contribution in [2.24, 2.45) is 7.05 Å². The van der Waals surface area contributed by atoms with Crippen molar-refractivity contribution in [3.8, 4) is 11.3 Å². The molecule has 5 rings (SSSR count). The van der Waals surface area contributed by atoms with E-state index < -0.39 is 21.6 Å².